The molecule has 2 fully saturated rings. The number of hydrogen-bond acceptors (Lipinski definition) is 8. The van der Waals surface area contributed by atoms with E-state index in [1.165, 1.54) is 37.7 Å². The van der Waals surface area contributed by atoms with Gasteiger partial charge in [0, 0.05) is 42.1 Å². The van der Waals surface area contributed by atoms with Gasteiger partial charge in [0.1, 0.15) is 5.00 Å². The highest BCUT2D eigenvalue weighted by atomic mass is 32.1. The summed E-state index contributed by atoms with van der Waals surface area (Å²) in [6.45, 7) is 0. The maximum Gasteiger partial charge on any atom is 0.216 e. The van der Waals surface area contributed by atoms with Gasteiger partial charge < -0.3 is 0 Å². The quantitative estimate of drug-likeness (QED) is 0.175. The van der Waals surface area contributed by atoms with Gasteiger partial charge in [-0.2, -0.15) is 0 Å². The van der Waals surface area contributed by atoms with Gasteiger partial charge in [-0.15, -0.1) is 22.7 Å². The van der Waals surface area contributed by atoms with Crippen molar-refractivity contribution in [2.24, 2.45) is 9.98 Å². The molecule has 2 spiro atoms. The minimum atomic E-state index is -0.357. The Bertz CT molecular complexity index is 3290. The molecule has 272 valence electrons. The second-order valence-corrected chi connectivity index (χ2v) is 18.5. The van der Waals surface area contributed by atoms with Crippen molar-refractivity contribution in [1.82, 2.24) is 0 Å². The molecule has 12 rings (SSSR count). The van der Waals surface area contributed by atoms with Crippen molar-refractivity contribution in [2.75, 3.05) is 0 Å². The van der Waals surface area contributed by atoms with Crippen LogP contribution in [0, 0.1) is 0 Å². The summed E-state index contributed by atoms with van der Waals surface area (Å²) in [4.78, 5) is 69.0. The third kappa shape index (κ3) is 4.26. The Labute approximate surface area is 327 Å². The molecule has 4 aliphatic rings. The first-order valence-electron chi connectivity index (χ1n) is 19.8. The molecule has 0 saturated heterocycles. The number of benzene rings is 4. The molecule has 0 unspecified atom stereocenters. The van der Waals surface area contributed by atoms with Gasteiger partial charge >= 0.3 is 0 Å². The normalized spacial score (nSPS) is 18.0. The summed E-state index contributed by atoms with van der Waals surface area (Å²) < 4.78 is 0. The molecule has 8 heteroatoms. The van der Waals surface area contributed by atoms with Crippen molar-refractivity contribution >= 4 is 76.8 Å². The molecule has 0 aliphatic heterocycles. The van der Waals surface area contributed by atoms with E-state index in [2.05, 4.69) is 12.1 Å². The Morgan fingerprint density at radius 2 is 0.946 bits per heavy atom. The fraction of sp³-hybridized carbons (Fsp3) is 0.250. The topological polar surface area (TPSA) is 93.0 Å². The summed E-state index contributed by atoms with van der Waals surface area (Å²) in [5, 5.41) is 6.24. The zero-order valence-electron chi connectivity index (χ0n) is 30.5. The molecular formula is C48H34N2O4S2. The molecule has 2 aromatic heterocycles. The van der Waals surface area contributed by atoms with Crippen molar-refractivity contribution in [3.63, 3.8) is 0 Å². The van der Waals surface area contributed by atoms with Crippen LogP contribution in [0.1, 0.15) is 85.8 Å². The molecule has 6 aromatic carbocycles. The maximum absolute atomic E-state index is 14.0. The third-order valence-corrected chi connectivity index (χ3v) is 15.9. The smallest absolute Gasteiger partial charge is 0.216 e. The van der Waals surface area contributed by atoms with Crippen LogP contribution in [0.25, 0.3) is 58.9 Å². The van der Waals surface area contributed by atoms with Gasteiger partial charge in [-0.3, -0.25) is 19.2 Å². The van der Waals surface area contributed by atoms with Crippen LogP contribution in [0.15, 0.2) is 114 Å². The first-order chi connectivity index (χ1) is 27.3. The van der Waals surface area contributed by atoms with Crippen molar-refractivity contribution in [3.05, 3.63) is 158 Å². The number of nitrogens with zero attached hydrogens (tertiary/aromatic N) is 2. The van der Waals surface area contributed by atoms with Gasteiger partial charge in [0.25, 0.3) is 0 Å². The lowest BCUT2D eigenvalue weighted by Gasteiger charge is -2.41. The number of allylic oxidation sites excluding steroid dienone is 1. The summed E-state index contributed by atoms with van der Waals surface area (Å²) in [6, 6.07) is 25.2. The Morgan fingerprint density at radius 3 is 1.45 bits per heavy atom. The third-order valence-electron chi connectivity index (χ3n) is 13.6. The van der Waals surface area contributed by atoms with E-state index >= 15 is 0 Å². The van der Waals surface area contributed by atoms with Gasteiger partial charge in [-0.1, -0.05) is 87.1 Å². The van der Waals surface area contributed by atoms with E-state index in [0.29, 0.717) is 26.5 Å². The van der Waals surface area contributed by atoms with Crippen LogP contribution in [0.3, 0.4) is 0 Å². The van der Waals surface area contributed by atoms with Crippen molar-refractivity contribution < 1.29 is 0 Å². The van der Waals surface area contributed by atoms with Crippen molar-refractivity contribution in [1.29, 1.82) is 0 Å². The van der Waals surface area contributed by atoms with E-state index in [1.54, 1.807) is 22.7 Å². The Morgan fingerprint density at radius 1 is 0.482 bits per heavy atom. The van der Waals surface area contributed by atoms with Crippen LogP contribution in [-0.2, 0) is 10.8 Å². The molecule has 0 radical (unpaired) electrons. The predicted molar refractivity (Wildman–Crippen MR) is 228 cm³/mol. The van der Waals surface area contributed by atoms with Crippen molar-refractivity contribution in [2.45, 2.75) is 75.0 Å². The lowest BCUT2D eigenvalue weighted by molar-refractivity contribution is 0.320. The highest BCUT2D eigenvalue weighted by Gasteiger charge is 2.55. The second-order valence-electron chi connectivity index (χ2n) is 16.4. The van der Waals surface area contributed by atoms with E-state index in [9.17, 15) is 19.2 Å². The standard InChI is InChI=1S/C48H34N2O4S2/c51-41-29-19-25-11-3-4-12-26(25)20-30(29)42(52)39(41)49-35-24-34-37(48(35)17-9-2-10-18-48)38-46(55-34)45-33(47(38)15-7-1-8-16-47)23-36(56-45)50-40-43(53)31-21-27-13-5-6-14-28(27)22-32(31)44(40)54/h3-6,11-14,19-24H,1-2,7-10,15-18H2. The summed E-state index contributed by atoms with van der Waals surface area (Å²) in [7, 11) is 0. The largest absolute Gasteiger partial charge is 0.287 e. The monoisotopic (exact) mass is 766 g/mol. The Kier molecular flexibility index (Phi) is 6.76. The Hall–Kier alpha value is -5.44. The molecule has 56 heavy (non-hydrogen) atoms. The number of fused-ring (bicyclic) bond motifs is 12. The lowest BCUT2D eigenvalue weighted by atomic mass is 9.62. The molecule has 8 aromatic rings. The maximum atomic E-state index is 14.0. The summed E-state index contributed by atoms with van der Waals surface area (Å²) in [5.41, 5.74) is 3.24. The zero-order chi connectivity index (χ0) is 37.5. The fourth-order valence-corrected chi connectivity index (χ4v) is 13.7. The van der Waals surface area contributed by atoms with Crippen LogP contribution in [0.2, 0.25) is 0 Å². The average molecular weight is 767 g/mol. The van der Waals surface area contributed by atoms with Gasteiger partial charge in [0.05, 0.1) is 10.6 Å². The van der Waals surface area contributed by atoms with Gasteiger partial charge in [-0.25, -0.2) is 9.98 Å². The Balaban J connectivity index is 1.04. The predicted octanol–water partition coefficient (Wildman–Crippen LogP) is 9.23. The van der Waals surface area contributed by atoms with E-state index in [0.717, 1.165) is 85.0 Å². The van der Waals surface area contributed by atoms with Gasteiger partial charge in [0.15, 0.2) is 10.7 Å². The van der Waals surface area contributed by atoms with E-state index in [4.69, 9.17) is 9.98 Å². The molecule has 6 nitrogen and oxygen atoms in total. The van der Waals surface area contributed by atoms with Crippen molar-refractivity contribution in [3.8, 4) is 9.75 Å². The summed E-state index contributed by atoms with van der Waals surface area (Å²) >= 11 is 3.40. The summed E-state index contributed by atoms with van der Waals surface area (Å²) in [5.74, 6) is 0. The SMILES string of the molecule is O=c1c(=NC2=Cc3sc4c(c3C23CCCCC3)C2(CCCCC2)c2cc(N=c3c(=O)c5cc6ccccc6cc5c3=O)sc2-4)c(=O)c2cc3ccccc3cc12. The van der Waals surface area contributed by atoms with Gasteiger partial charge in [0.2, 0.25) is 21.7 Å². The number of rotatable bonds is 2. The lowest BCUT2D eigenvalue weighted by Crippen LogP contribution is -2.37. The van der Waals surface area contributed by atoms with Crippen LogP contribution < -0.4 is 32.4 Å². The van der Waals surface area contributed by atoms with Crippen LogP contribution in [-0.4, -0.2) is 0 Å². The molecule has 0 N–H and O–H groups in total. The van der Waals surface area contributed by atoms with E-state index < -0.39 is 0 Å². The average Bonchev–Trinajstić information content (AvgIpc) is 4.03. The zero-order valence-corrected chi connectivity index (χ0v) is 32.1. The highest BCUT2D eigenvalue weighted by molar-refractivity contribution is 7.25. The molecule has 0 atom stereocenters. The minimum Gasteiger partial charge on any atom is -0.287 e. The minimum absolute atomic E-state index is 0.000855. The summed E-state index contributed by atoms with van der Waals surface area (Å²) in [6.07, 6.45) is 12.8. The highest BCUT2D eigenvalue weighted by Crippen LogP contribution is 2.67. The van der Waals surface area contributed by atoms with Crippen LogP contribution in [0.5, 0.6) is 0 Å². The molecule has 2 heterocycles. The van der Waals surface area contributed by atoms with Gasteiger partial charge in [-0.05, 0) is 100 Å². The van der Waals surface area contributed by atoms with Crippen LogP contribution >= 0.6 is 22.7 Å². The van der Waals surface area contributed by atoms with E-state index in [1.807, 2.05) is 72.8 Å². The number of thiophene rings is 2. The molecule has 2 saturated carbocycles. The number of hydrogen-bond donors (Lipinski definition) is 0. The molecule has 0 amide bonds. The fourth-order valence-electron chi connectivity index (χ4n) is 11.0. The first-order valence-corrected chi connectivity index (χ1v) is 21.4. The van der Waals surface area contributed by atoms with Crippen LogP contribution in [0.4, 0.5) is 5.00 Å². The molecule has 0 bridgehead atoms. The van der Waals surface area contributed by atoms with E-state index in [-0.39, 0.29) is 43.3 Å². The molecular weight excluding hydrogens is 733 g/mol. The second kappa shape index (κ2) is 11.6. The molecule has 4 aliphatic carbocycles. The first kappa shape index (κ1) is 32.8.